The predicted molar refractivity (Wildman–Crippen MR) is 132 cm³/mol. The van der Waals surface area contributed by atoms with E-state index in [1.54, 1.807) is 29.3 Å². The zero-order valence-electron chi connectivity index (χ0n) is 17.7. The van der Waals surface area contributed by atoms with Crippen molar-refractivity contribution in [2.45, 2.75) is 19.9 Å². The van der Waals surface area contributed by atoms with Gasteiger partial charge in [0, 0.05) is 19.3 Å². The Balaban J connectivity index is 1.52. The molecule has 1 aromatic carbocycles. The summed E-state index contributed by atoms with van der Waals surface area (Å²) < 4.78 is 12.8. The second kappa shape index (κ2) is 8.87. The fourth-order valence-electron chi connectivity index (χ4n) is 3.65. The van der Waals surface area contributed by atoms with Crippen molar-refractivity contribution in [3.05, 3.63) is 69.0 Å². The highest BCUT2D eigenvalue weighted by Gasteiger charge is 2.32. The zero-order chi connectivity index (χ0) is 22.9. The molecule has 0 bridgehead atoms. The minimum Gasteiger partial charge on any atom is -0.454 e. The van der Waals surface area contributed by atoms with Crippen LogP contribution in [0, 0.1) is 0 Å². The van der Waals surface area contributed by atoms with Crippen molar-refractivity contribution in [2.24, 2.45) is 0 Å². The molecule has 1 fully saturated rings. The molecule has 10 heteroatoms. The monoisotopic (exact) mass is 480 g/mol. The van der Waals surface area contributed by atoms with Gasteiger partial charge in [-0.05, 0) is 42.3 Å². The Kier molecular flexibility index (Phi) is 5.77. The molecule has 168 valence electrons. The Hall–Kier alpha value is -3.37. The average molecular weight is 481 g/mol. The molecule has 2 aliphatic heterocycles. The molecule has 0 spiro atoms. The summed E-state index contributed by atoms with van der Waals surface area (Å²) in [5.74, 6) is 1.59. The molecule has 5 rings (SSSR count). The van der Waals surface area contributed by atoms with Gasteiger partial charge >= 0.3 is 0 Å². The summed E-state index contributed by atoms with van der Waals surface area (Å²) in [4.78, 5) is 32.8. The van der Waals surface area contributed by atoms with Gasteiger partial charge in [0.05, 0.1) is 10.5 Å². The van der Waals surface area contributed by atoms with Gasteiger partial charge in [0.15, 0.2) is 11.5 Å². The highest BCUT2D eigenvalue weighted by molar-refractivity contribution is 8.26. The number of carbonyl (C=O) groups is 1. The summed E-state index contributed by atoms with van der Waals surface area (Å²) in [7, 11) is 0. The van der Waals surface area contributed by atoms with Crippen LogP contribution in [0.15, 0.2) is 52.3 Å². The molecule has 1 saturated heterocycles. The third-order valence-electron chi connectivity index (χ3n) is 5.26. The number of anilines is 1. The molecule has 0 aliphatic carbocycles. The normalized spacial score (nSPS) is 16.3. The highest BCUT2D eigenvalue weighted by Crippen LogP contribution is 2.34. The van der Waals surface area contributed by atoms with Crippen molar-refractivity contribution in [3.8, 4) is 11.5 Å². The van der Waals surface area contributed by atoms with Crippen LogP contribution in [0.2, 0.25) is 0 Å². The lowest BCUT2D eigenvalue weighted by Crippen LogP contribution is -2.28. The number of thioether (sulfide) groups is 1. The predicted octanol–water partition coefficient (Wildman–Crippen LogP) is 3.65. The van der Waals surface area contributed by atoms with Crippen LogP contribution in [-0.2, 0) is 11.3 Å². The Bertz CT molecular complexity index is 1370. The van der Waals surface area contributed by atoms with E-state index in [0.717, 1.165) is 12.0 Å². The molecule has 0 saturated carbocycles. The highest BCUT2D eigenvalue weighted by atomic mass is 32.2. The number of hydrogen-bond donors (Lipinski definition) is 1. The summed E-state index contributed by atoms with van der Waals surface area (Å²) in [6.07, 6.45) is 4.04. The Morgan fingerprint density at radius 2 is 2.06 bits per heavy atom. The first-order valence-electron chi connectivity index (χ1n) is 10.4. The lowest BCUT2D eigenvalue weighted by molar-refractivity contribution is -0.122. The van der Waals surface area contributed by atoms with E-state index in [2.05, 4.69) is 10.3 Å². The van der Waals surface area contributed by atoms with Crippen LogP contribution in [0.5, 0.6) is 11.5 Å². The van der Waals surface area contributed by atoms with Crippen LogP contribution in [0.4, 0.5) is 5.82 Å². The molecule has 1 N–H and O–H groups in total. The summed E-state index contributed by atoms with van der Waals surface area (Å²) in [5, 5.41) is 3.26. The van der Waals surface area contributed by atoms with Gasteiger partial charge in [-0.3, -0.25) is 18.9 Å². The number of hydrogen-bond acceptors (Lipinski definition) is 8. The molecule has 2 aliphatic rings. The SMILES string of the molecule is CCCN1C(=O)/C(=C/c2c(NCc3ccc4c(c3)OCO4)nc3ccccn3c2=O)SC1=S. The van der Waals surface area contributed by atoms with E-state index in [1.807, 2.05) is 31.2 Å². The fraction of sp³-hybridized carbons (Fsp3) is 0.217. The largest absolute Gasteiger partial charge is 0.454 e. The van der Waals surface area contributed by atoms with Crippen molar-refractivity contribution in [1.29, 1.82) is 0 Å². The summed E-state index contributed by atoms with van der Waals surface area (Å²) in [5.41, 5.74) is 1.48. The molecular weight excluding hydrogens is 460 g/mol. The van der Waals surface area contributed by atoms with E-state index in [-0.39, 0.29) is 18.3 Å². The Morgan fingerprint density at radius 3 is 2.91 bits per heavy atom. The minimum atomic E-state index is -0.269. The first kappa shape index (κ1) is 21.5. The number of nitrogens with zero attached hydrogens (tertiary/aromatic N) is 3. The van der Waals surface area contributed by atoms with Crippen LogP contribution in [0.25, 0.3) is 11.7 Å². The topological polar surface area (TPSA) is 85.2 Å². The molecule has 33 heavy (non-hydrogen) atoms. The number of fused-ring (bicyclic) bond motifs is 2. The van der Waals surface area contributed by atoms with Gasteiger partial charge in [-0.15, -0.1) is 0 Å². The fourth-order valence-corrected chi connectivity index (χ4v) is 4.94. The first-order valence-corrected chi connectivity index (χ1v) is 11.7. The standard InChI is InChI=1S/C23H20N4O4S2/c1-2-8-27-22(29)18(33-23(27)32)11-15-20(25-19-5-3-4-9-26(19)21(15)28)24-12-14-6-7-16-17(10-14)31-13-30-16/h3-7,9-11,24H,2,8,12-13H2,1H3/b18-11-. The molecule has 0 radical (unpaired) electrons. The maximum Gasteiger partial charge on any atom is 0.267 e. The quantitative estimate of drug-likeness (QED) is 0.423. The molecule has 2 aromatic heterocycles. The number of ether oxygens (including phenoxy) is 2. The van der Waals surface area contributed by atoms with Crippen LogP contribution in [0.3, 0.4) is 0 Å². The summed E-state index contributed by atoms with van der Waals surface area (Å²) >= 11 is 6.57. The number of carbonyl (C=O) groups excluding carboxylic acids is 1. The number of pyridine rings is 1. The second-order valence-corrected chi connectivity index (χ2v) is 9.16. The number of thiocarbonyl (C=S) groups is 1. The Morgan fingerprint density at radius 1 is 1.21 bits per heavy atom. The summed E-state index contributed by atoms with van der Waals surface area (Å²) in [6, 6.07) is 11.0. The van der Waals surface area contributed by atoms with E-state index < -0.39 is 0 Å². The molecule has 4 heterocycles. The smallest absolute Gasteiger partial charge is 0.267 e. The molecule has 3 aromatic rings. The van der Waals surface area contributed by atoms with Crippen molar-refractivity contribution in [1.82, 2.24) is 14.3 Å². The molecule has 8 nitrogen and oxygen atoms in total. The van der Waals surface area contributed by atoms with Gasteiger partial charge in [0.1, 0.15) is 15.8 Å². The molecule has 0 atom stereocenters. The summed E-state index contributed by atoms with van der Waals surface area (Å²) in [6.45, 7) is 3.14. The second-order valence-electron chi connectivity index (χ2n) is 7.48. The third-order valence-corrected chi connectivity index (χ3v) is 6.64. The number of benzene rings is 1. The van der Waals surface area contributed by atoms with Gasteiger partial charge in [-0.2, -0.15) is 0 Å². The minimum absolute atomic E-state index is 0.189. The number of rotatable bonds is 6. The van der Waals surface area contributed by atoms with Crippen molar-refractivity contribution < 1.29 is 14.3 Å². The maximum absolute atomic E-state index is 13.3. The first-order chi connectivity index (χ1) is 16.0. The van der Waals surface area contributed by atoms with Crippen LogP contribution >= 0.6 is 24.0 Å². The van der Waals surface area contributed by atoms with Gasteiger partial charge in [0.25, 0.3) is 11.5 Å². The van der Waals surface area contributed by atoms with E-state index in [1.165, 1.54) is 16.2 Å². The number of amides is 1. The van der Waals surface area contributed by atoms with Crippen molar-refractivity contribution in [3.63, 3.8) is 0 Å². The van der Waals surface area contributed by atoms with E-state index in [0.29, 0.717) is 50.8 Å². The average Bonchev–Trinajstić information content (AvgIpc) is 3.39. The van der Waals surface area contributed by atoms with E-state index >= 15 is 0 Å². The third kappa shape index (κ3) is 4.07. The van der Waals surface area contributed by atoms with Crippen molar-refractivity contribution >= 4 is 51.7 Å². The maximum atomic E-state index is 13.3. The zero-order valence-corrected chi connectivity index (χ0v) is 19.4. The molecule has 0 unspecified atom stereocenters. The molecular formula is C23H20N4O4S2. The van der Waals surface area contributed by atoms with Crippen LogP contribution in [0.1, 0.15) is 24.5 Å². The van der Waals surface area contributed by atoms with Gasteiger partial charge in [-0.25, -0.2) is 4.98 Å². The van der Waals surface area contributed by atoms with E-state index in [9.17, 15) is 9.59 Å². The van der Waals surface area contributed by atoms with Crippen molar-refractivity contribution in [2.75, 3.05) is 18.7 Å². The Labute approximate surface area is 199 Å². The van der Waals surface area contributed by atoms with Gasteiger partial charge in [0.2, 0.25) is 6.79 Å². The van der Waals surface area contributed by atoms with Crippen LogP contribution < -0.4 is 20.3 Å². The number of nitrogens with one attached hydrogen (secondary N) is 1. The van der Waals surface area contributed by atoms with E-state index in [4.69, 9.17) is 21.7 Å². The lowest BCUT2D eigenvalue weighted by Gasteiger charge is -2.12. The lowest BCUT2D eigenvalue weighted by atomic mass is 10.2. The van der Waals surface area contributed by atoms with Gasteiger partial charge < -0.3 is 14.8 Å². The van der Waals surface area contributed by atoms with Gasteiger partial charge in [-0.1, -0.05) is 43.0 Å². The van der Waals surface area contributed by atoms with Crippen LogP contribution in [-0.4, -0.2) is 37.8 Å². The molecule has 1 amide bonds. The number of aromatic nitrogens is 2.